The van der Waals surface area contributed by atoms with Crippen molar-refractivity contribution in [3.05, 3.63) is 60.3 Å². The molecule has 3 heteroatoms. The number of hydrogen-bond donors (Lipinski definition) is 0. The van der Waals surface area contributed by atoms with Crippen LogP contribution in [0, 0.1) is 0 Å². The van der Waals surface area contributed by atoms with Crippen LogP contribution >= 0.6 is 0 Å². The molecule has 2 aromatic rings. The maximum Gasteiger partial charge on any atom is 0.231 e. The van der Waals surface area contributed by atoms with E-state index < -0.39 is 0 Å². The number of unbranched alkanes of at least 4 members (excludes halogenated alkanes) is 8. The van der Waals surface area contributed by atoms with E-state index in [-0.39, 0.29) is 5.91 Å². The highest BCUT2D eigenvalue weighted by Crippen LogP contribution is 2.22. The van der Waals surface area contributed by atoms with Gasteiger partial charge >= 0.3 is 0 Å². The van der Waals surface area contributed by atoms with Gasteiger partial charge in [0, 0.05) is 24.4 Å². The smallest absolute Gasteiger partial charge is 0.231 e. The molecule has 0 spiro atoms. The van der Waals surface area contributed by atoms with E-state index in [1.165, 1.54) is 44.9 Å². The molecule has 168 valence electrons. The van der Waals surface area contributed by atoms with Gasteiger partial charge in [0.25, 0.3) is 0 Å². The van der Waals surface area contributed by atoms with Gasteiger partial charge in [-0.25, -0.2) is 0 Å². The number of carbonyl (C=O) groups is 2. The fourth-order valence-electron chi connectivity index (χ4n) is 3.92. The molecule has 31 heavy (non-hydrogen) atoms. The molecule has 1 heterocycles. The molecule has 1 aromatic heterocycles. The number of aldehydes is 1. The van der Waals surface area contributed by atoms with Crippen molar-refractivity contribution < 1.29 is 9.59 Å². The maximum absolute atomic E-state index is 12.7. The lowest BCUT2D eigenvalue weighted by molar-refractivity contribution is -0.107. The average Bonchev–Trinajstić information content (AvgIpc) is 3.15. The van der Waals surface area contributed by atoms with Crippen molar-refractivity contribution in [3.63, 3.8) is 0 Å². The summed E-state index contributed by atoms with van der Waals surface area (Å²) in [5.74, 6) is 0.124. The number of nitrogens with zero attached hydrogens (tertiary/aromatic N) is 1. The van der Waals surface area contributed by atoms with Gasteiger partial charge in [-0.05, 0) is 50.2 Å². The van der Waals surface area contributed by atoms with E-state index in [4.69, 9.17) is 0 Å². The molecular weight excluding hydrogens is 382 g/mol. The topological polar surface area (TPSA) is 39.1 Å². The van der Waals surface area contributed by atoms with Crippen LogP contribution in [0.2, 0.25) is 0 Å². The average molecular weight is 422 g/mol. The van der Waals surface area contributed by atoms with Gasteiger partial charge in [0.15, 0.2) is 0 Å². The first-order valence-electron chi connectivity index (χ1n) is 12.1. The van der Waals surface area contributed by atoms with E-state index >= 15 is 0 Å². The molecule has 0 aliphatic carbocycles. The van der Waals surface area contributed by atoms with Crippen molar-refractivity contribution in [1.29, 1.82) is 0 Å². The van der Waals surface area contributed by atoms with Crippen LogP contribution in [0.1, 0.15) is 94.3 Å². The van der Waals surface area contributed by atoms with Crippen molar-refractivity contribution in [2.45, 2.75) is 90.4 Å². The number of allylic oxidation sites excluding steroid dienone is 4. The summed E-state index contributed by atoms with van der Waals surface area (Å²) in [6, 6.07) is 7.83. The molecule has 0 amide bonds. The maximum atomic E-state index is 12.7. The largest absolute Gasteiger partial charge is 0.303 e. The zero-order chi connectivity index (χ0) is 22.2. The number of hydrogen-bond acceptors (Lipinski definition) is 2. The Kier molecular flexibility index (Phi) is 12.3. The van der Waals surface area contributed by atoms with Crippen LogP contribution < -0.4 is 0 Å². The highest BCUT2D eigenvalue weighted by atomic mass is 16.2. The number of aromatic nitrogens is 1. The zero-order valence-corrected chi connectivity index (χ0v) is 19.2. The fourth-order valence-corrected chi connectivity index (χ4v) is 3.92. The third-order valence-electron chi connectivity index (χ3n) is 5.71. The molecule has 1 aromatic carbocycles. The van der Waals surface area contributed by atoms with Crippen molar-refractivity contribution in [3.8, 4) is 0 Å². The lowest BCUT2D eigenvalue weighted by Gasteiger charge is -2.04. The van der Waals surface area contributed by atoms with Crippen molar-refractivity contribution in [1.82, 2.24) is 4.57 Å². The molecule has 0 unspecified atom stereocenters. The predicted octanol–water partition coefficient (Wildman–Crippen LogP) is 7.84. The first-order valence-corrected chi connectivity index (χ1v) is 12.1. The monoisotopic (exact) mass is 421 g/mol. The summed E-state index contributed by atoms with van der Waals surface area (Å²) in [4.78, 5) is 23.6. The van der Waals surface area contributed by atoms with Crippen LogP contribution in [0.3, 0.4) is 0 Å². The van der Waals surface area contributed by atoms with Crippen molar-refractivity contribution in [2.24, 2.45) is 0 Å². The van der Waals surface area contributed by atoms with E-state index in [0.717, 1.165) is 48.4 Å². The van der Waals surface area contributed by atoms with Gasteiger partial charge in [-0.2, -0.15) is 0 Å². The molecule has 0 aliphatic rings. The Balaban J connectivity index is 1.57. The van der Waals surface area contributed by atoms with Crippen LogP contribution in [-0.2, 0) is 11.2 Å². The quantitative estimate of drug-likeness (QED) is 0.157. The number of fused-ring (bicyclic) bond motifs is 1. The summed E-state index contributed by atoms with van der Waals surface area (Å²) in [6.07, 6.45) is 25.8. The van der Waals surface area contributed by atoms with Crippen LogP contribution in [0.4, 0.5) is 0 Å². The standard InChI is InChI=1S/C28H39NO2/c1-2-3-4-5-6-7-8-9-10-11-12-13-14-15-16-21-28(31)29-24-25(22-23-30)26-19-17-18-20-27(26)29/h6-7,9-10,17-20,23-24H,2-5,8,11-16,21-22H2,1H3/b7-6+,10-9+. The summed E-state index contributed by atoms with van der Waals surface area (Å²) in [5, 5.41) is 1.00. The Morgan fingerprint density at radius 1 is 0.871 bits per heavy atom. The van der Waals surface area contributed by atoms with E-state index in [1.54, 1.807) is 4.57 Å². The second kappa shape index (κ2) is 15.4. The van der Waals surface area contributed by atoms with E-state index in [1.807, 2.05) is 30.5 Å². The number of carbonyl (C=O) groups excluding carboxylic acids is 2. The van der Waals surface area contributed by atoms with Gasteiger partial charge < -0.3 is 4.79 Å². The van der Waals surface area contributed by atoms with Crippen LogP contribution in [0.15, 0.2) is 54.8 Å². The molecule has 0 atom stereocenters. The van der Waals surface area contributed by atoms with Gasteiger partial charge in [-0.15, -0.1) is 0 Å². The van der Waals surface area contributed by atoms with Gasteiger partial charge in [0.1, 0.15) is 6.29 Å². The van der Waals surface area contributed by atoms with Gasteiger partial charge in [0.2, 0.25) is 5.91 Å². The summed E-state index contributed by atoms with van der Waals surface area (Å²) >= 11 is 0. The van der Waals surface area contributed by atoms with E-state index in [0.29, 0.717) is 12.8 Å². The normalized spacial score (nSPS) is 11.8. The Hall–Kier alpha value is -2.42. The SMILES string of the molecule is CCCCC/C=C/C/C=C/CCCCCCCC(=O)n1cc(CC=O)c2ccccc21. The van der Waals surface area contributed by atoms with Crippen molar-refractivity contribution >= 4 is 23.1 Å². The summed E-state index contributed by atoms with van der Waals surface area (Å²) in [7, 11) is 0. The molecule has 0 radical (unpaired) electrons. The minimum Gasteiger partial charge on any atom is -0.303 e. The van der Waals surface area contributed by atoms with Gasteiger partial charge in [0.05, 0.1) is 5.52 Å². The molecule has 0 bridgehead atoms. The van der Waals surface area contributed by atoms with Gasteiger partial charge in [-0.3, -0.25) is 9.36 Å². The molecule has 0 fully saturated rings. The first-order chi connectivity index (χ1) is 15.3. The highest BCUT2D eigenvalue weighted by Gasteiger charge is 2.12. The number of para-hydroxylation sites is 1. The van der Waals surface area contributed by atoms with Crippen LogP contribution in [-0.4, -0.2) is 16.8 Å². The molecular formula is C28H39NO2. The zero-order valence-electron chi connectivity index (χ0n) is 19.2. The molecule has 0 saturated carbocycles. The second-order valence-corrected chi connectivity index (χ2v) is 8.29. The summed E-state index contributed by atoms with van der Waals surface area (Å²) in [5.41, 5.74) is 1.84. The highest BCUT2D eigenvalue weighted by molar-refractivity contribution is 5.95. The van der Waals surface area contributed by atoms with E-state index in [9.17, 15) is 9.59 Å². The summed E-state index contributed by atoms with van der Waals surface area (Å²) < 4.78 is 1.73. The molecule has 0 N–H and O–H groups in total. The third kappa shape index (κ3) is 9.08. The molecule has 0 saturated heterocycles. The minimum atomic E-state index is 0.124. The van der Waals surface area contributed by atoms with Crippen LogP contribution in [0.5, 0.6) is 0 Å². The van der Waals surface area contributed by atoms with Crippen molar-refractivity contribution in [2.75, 3.05) is 0 Å². The first kappa shape index (κ1) is 24.8. The van der Waals surface area contributed by atoms with Crippen LogP contribution in [0.25, 0.3) is 10.9 Å². The predicted molar refractivity (Wildman–Crippen MR) is 132 cm³/mol. The second-order valence-electron chi connectivity index (χ2n) is 8.29. The fraction of sp³-hybridized carbons (Fsp3) is 0.500. The Morgan fingerprint density at radius 3 is 2.29 bits per heavy atom. The number of benzene rings is 1. The Bertz CT molecular complexity index is 844. The minimum absolute atomic E-state index is 0.124. The summed E-state index contributed by atoms with van der Waals surface area (Å²) in [6.45, 7) is 2.24. The lowest BCUT2D eigenvalue weighted by Crippen LogP contribution is -2.08. The van der Waals surface area contributed by atoms with Gasteiger partial charge in [-0.1, -0.05) is 81.5 Å². The Labute approximate surface area is 188 Å². The third-order valence-corrected chi connectivity index (χ3v) is 5.71. The van der Waals surface area contributed by atoms with E-state index in [2.05, 4.69) is 31.2 Å². The molecule has 3 nitrogen and oxygen atoms in total. The molecule has 2 rings (SSSR count). The molecule has 0 aliphatic heterocycles. The number of rotatable bonds is 16. The lowest BCUT2D eigenvalue weighted by atomic mass is 10.1. The Morgan fingerprint density at radius 2 is 1.55 bits per heavy atom.